The maximum absolute atomic E-state index is 12.7. The Morgan fingerprint density at radius 2 is 2.04 bits per heavy atom. The maximum atomic E-state index is 12.7. The van der Waals surface area contributed by atoms with E-state index in [1.54, 1.807) is 11.1 Å². The molecule has 2 aliphatic rings. The Kier molecular flexibility index (Phi) is 5.82. The Balaban J connectivity index is 1.35. The molecule has 0 aromatic carbocycles. The first-order valence-electron chi connectivity index (χ1n) is 9.50. The predicted molar refractivity (Wildman–Crippen MR) is 106 cm³/mol. The molecule has 4 heterocycles. The van der Waals surface area contributed by atoms with E-state index < -0.39 is 0 Å². The van der Waals surface area contributed by atoms with Crippen molar-refractivity contribution in [3.8, 4) is 10.7 Å². The second kappa shape index (κ2) is 8.66. The van der Waals surface area contributed by atoms with Crippen LogP contribution in [-0.4, -0.2) is 71.1 Å². The van der Waals surface area contributed by atoms with Gasteiger partial charge in [-0.05, 0) is 25.0 Å². The molecule has 0 bridgehead atoms. The monoisotopic (exact) mass is 401 g/mol. The number of pyridine rings is 1. The van der Waals surface area contributed by atoms with Gasteiger partial charge in [0.2, 0.25) is 5.91 Å². The first-order valence-corrected chi connectivity index (χ1v) is 10.4. The third-order valence-electron chi connectivity index (χ3n) is 5.00. The number of likely N-dealkylation sites (tertiary alicyclic amines) is 1. The van der Waals surface area contributed by atoms with Crippen molar-refractivity contribution in [1.82, 2.24) is 19.8 Å². The normalized spacial score (nSPS) is 20.1. The number of aromatic nitrogens is 2. The Bertz CT molecular complexity index is 822. The largest absolute Gasteiger partial charge is 0.378 e. The lowest BCUT2D eigenvalue weighted by Crippen LogP contribution is -2.50. The molecule has 0 radical (unpaired) electrons. The number of anilines is 1. The molecule has 0 spiro atoms. The van der Waals surface area contributed by atoms with Crippen LogP contribution >= 0.6 is 11.3 Å². The van der Waals surface area contributed by atoms with E-state index in [4.69, 9.17) is 4.74 Å². The molecule has 0 aliphatic carbocycles. The molecule has 2 aliphatic heterocycles. The third-order valence-corrected chi connectivity index (χ3v) is 5.87. The Hall–Kier alpha value is -2.52. The van der Waals surface area contributed by atoms with Crippen LogP contribution in [0, 0.1) is 5.92 Å². The summed E-state index contributed by atoms with van der Waals surface area (Å²) in [5.74, 6) is 0.501. The number of rotatable bonds is 3. The molecule has 3 amide bonds. The van der Waals surface area contributed by atoms with E-state index in [2.05, 4.69) is 15.3 Å². The van der Waals surface area contributed by atoms with Gasteiger partial charge in [0.05, 0.1) is 24.8 Å². The molecule has 0 saturated carbocycles. The second-order valence-corrected chi connectivity index (χ2v) is 7.76. The maximum Gasteiger partial charge on any atom is 0.323 e. The first-order chi connectivity index (χ1) is 13.7. The van der Waals surface area contributed by atoms with Crippen molar-refractivity contribution < 1.29 is 14.3 Å². The van der Waals surface area contributed by atoms with Crippen LogP contribution < -0.4 is 5.32 Å². The van der Waals surface area contributed by atoms with Gasteiger partial charge in [-0.25, -0.2) is 9.78 Å². The highest BCUT2D eigenvalue weighted by Crippen LogP contribution is 2.25. The number of morpholine rings is 1. The van der Waals surface area contributed by atoms with Gasteiger partial charge >= 0.3 is 6.03 Å². The zero-order valence-corrected chi connectivity index (χ0v) is 16.4. The topological polar surface area (TPSA) is 87.7 Å². The highest BCUT2D eigenvalue weighted by atomic mass is 32.1. The molecule has 4 rings (SSSR count). The highest BCUT2D eigenvalue weighted by Gasteiger charge is 2.32. The molecule has 9 heteroatoms. The van der Waals surface area contributed by atoms with Crippen LogP contribution in [0.1, 0.15) is 12.8 Å². The van der Waals surface area contributed by atoms with Gasteiger partial charge in [0.15, 0.2) is 0 Å². The molecule has 2 fully saturated rings. The van der Waals surface area contributed by atoms with Gasteiger partial charge in [0.25, 0.3) is 0 Å². The molecule has 8 nitrogen and oxygen atoms in total. The number of ether oxygens (including phenoxy) is 1. The minimum Gasteiger partial charge on any atom is -0.378 e. The van der Waals surface area contributed by atoms with Crippen LogP contribution in [0.15, 0.2) is 29.8 Å². The van der Waals surface area contributed by atoms with Crippen molar-refractivity contribution in [3.05, 3.63) is 29.8 Å². The minimum atomic E-state index is -0.211. The zero-order chi connectivity index (χ0) is 19.3. The predicted octanol–water partition coefficient (Wildman–Crippen LogP) is 2.31. The van der Waals surface area contributed by atoms with Crippen molar-refractivity contribution in [2.45, 2.75) is 12.8 Å². The summed E-state index contributed by atoms with van der Waals surface area (Å²) in [7, 11) is 0. The number of carbonyl (C=O) groups is 2. The summed E-state index contributed by atoms with van der Waals surface area (Å²) in [6.07, 6.45) is 3.36. The first kappa shape index (κ1) is 18.8. The number of hydrogen-bond acceptors (Lipinski definition) is 6. The summed E-state index contributed by atoms with van der Waals surface area (Å²) in [5.41, 5.74) is 0.780. The molecule has 28 heavy (non-hydrogen) atoms. The molecule has 2 aromatic heterocycles. The second-order valence-electron chi connectivity index (χ2n) is 6.91. The van der Waals surface area contributed by atoms with Crippen molar-refractivity contribution in [2.24, 2.45) is 5.92 Å². The number of nitrogens with zero attached hydrogens (tertiary/aromatic N) is 4. The SMILES string of the molecule is O=C(Nc1csc(-c2ccccn2)n1)N1CCCC(C(=O)N2CCOCC2)C1. The standard InChI is InChI=1S/C19H23N5O3S/c25-18(23-8-10-27-11-9-23)14-4-3-7-24(12-14)19(26)22-16-13-28-17(21-16)15-5-1-2-6-20-15/h1-2,5-6,13-14H,3-4,7-12H2,(H,22,26). The van der Waals surface area contributed by atoms with Crippen molar-refractivity contribution in [3.63, 3.8) is 0 Å². The summed E-state index contributed by atoms with van der Waals surface area (Å²) in [4.78, 5) is 37.7. The average molecular weight is 401 g/mol. The quantitative estimate of drug-likeness (QED) is 0.853. The smallest absolute Gasteiger partial charge is 0.323 e. The Morgan fingerprint density at radius 3 is 2.82 bits per heavy atom. The van der Waals surface area contributed by atoms with Crippen LogP contribution in [0.3, 0.4) is 0 Å². The number of nitrogens with one attached hydrogen (secondary N) is 1. The fourth-order valence-electron chi connectivity index (χ4n) is 3.53. The van der Waals surface area contributed by atoms with Gasteiger partial charge in [-0.2, -0.15) is 0 Å². The van der Waals surface area contributed by atoms with Crippen molar-refractivity contribution in [1.29, 1.82) is 0 Å². The lowest BCUT2D eigenvalue weighted by Gasteiger charge is -2.36. The van der Waals surface area contributed by atoms with E-state index in [1.807, 2.05) is 28.5 Å². The van der Waals surface area contributed by atoms with Crippen LogP contribution in [0.2, 0.25) is 0 Å². The molecular weight excluding hydrogens is 378 g/mol. The molecular formula is C19H23N5O3S. The van der Waals surface area contributed by atoms with E-state index in [9.17, 15) is 9.59 Å². The van der Waals surface area contributed by atoms with Gasteiger partial charge in [0, 0.05) is 37.8 Å². The van der Waals surface area contributed by atoms with Crippen molar-refractivity contribution >= 4 is 29.1 Å². The van der Waals surface area contributed by atoms with Gasteiger partial charge in [-0.3, -0.25) is 15.1 Å². The summed E-state index contributed by atoms with van der Waals surface area (Å²) in [5, 5.41) is 5.42. The molecule has 2 saturated heterocycles. The molecule has 148 valence electrons. The highest BCUT2D eigenvalue weighted by molar-refractivity contribution is 7.13. The summed E-state index contributed by atoms with van der Waals surface area (Å²) in [6.45, 7) is 3.54. The van der Waals surface area contributed by atoms with Crippen LogP contribution in [0.25, 0.3) is 10.7 Å². The molecule has 1 unspecified atom stereocenters. The summed E-state index contributed by atoms with van der Waals surface area (Å²) in [6, 6.07) is 5.43. The summed E-state index contributed by atoms with van der Waals surface area (Å²) >= 11 is 1.44. The van der Waals surface area contributed by atoms with E-state index >= 15 is 0 Å². The van der Waals surface area contributed by atoms with Crippen LogP contribution in [-0.2, 0) is 9.53 Å². The van der Waals surface area contributed by atoms with Gasteiger partial charge in [-0.15, -0.1) is 11.3 Å². The average Bonchev–Trinajstić information content (AvgIpc) is 3.23. The fourth-order valence-corrected chi connectivity index (χ4v) is 4.26. The molecule has 1 atom stereocenters. The van der Waals surface area contributed by atoms with E-state index in [-0.39, 0.29) is 17.9 Å². The number of thiazole rings is 1. The Morgan fingerprint density at radius 1 is 1.18 bits per heavy atom. The van der Waals surface area contributed by atoms with E-state index in [1.165, 1.54) is 11.3 Å². The lowest BCUT2D eigenvalue weighted by atomic mass is 9.96. The molecule has 1 N–H and O–H groups in total. The summed E-state index contributed by atoms with van der Waals surface area (Å²) < 4.78 is 5.32. The minimum absolute atomic E-state index is 0.131. The van der Waals surface area contributed by atoms with Gasteiger partial charge < -0.3 is 14.5 Å². The number of carbonyl (C=O) groups excluding carboxylic acids is 2. The van der Waals surface area contributed by atoms with E-state index in [0.717, 1.165) is 23.5 Å². The van der Waals surface area contributed by atoms with Gasteiger partial charge in [0.1, 0.15) is 10.8 Å². The lowest BCUT2D eigenvalue weighted by molar-refractivity contribution is -0.141. The van der Waals surface area contributed by atoms with Gasteiger partial charge in [-0.1, -0.05) is 6.07 Å². The molecule has 2 aromatic rings. The van der Waals surface area contributed by atoms with Crippen molar-refractivity contribution in [2.75, 3.05) is 44.7 Å². The zero-order valence-electron chi connectivity index (χ0n) is 15.5. The number of hydrogen-bond donors (Lipinski definition) is 1. The fraction of sp³-hybridized carbons (Fsp3) is 0.474. The number of amides is 3. The number of urea groups is 1. The van der Waals surface area contributed by atoms with Crippen LogP contribution in [0.5, 0.6) is 0 Å². The van der Waals surface area contributed by atoms with Crippen LogP contribution in [0.4, 0.5) is 10.6 Å². The third kappa shape index (κ3) is 4.31. The van der Waals surface area contributed by atoms with E-state index in [0.29, 0.717) is 45.2 Å². The number of piperidine rings is 1. The Labute approximate surface area is 167 Å².